The van der Waals surface area contributed by atoms with Gasteiger partial charge in [0.25, 0.3) is 11.1 Å². The zero-order chi connectivity index (χ0) is 25.2. The second-order valence-electron chi connectivity index (χ2n) is 8.24. The maximum Gasteiger partial charge on any atom is 0.330 e. The van der Waals surface area contributed by atoms with Crippen molar-refractivity contribution in [3.05, 3.63) is 65.2 Å². The van der Waals surface area contributed by atoms with Gasteiger partial charge >= 0.3 is 11.4 Å². The van der Waals surface area contributed by atoms with Crippen LogP contribution in [0.25, 0.3) is 0 Å². The van der Waals surface area contributed by atoms with E-state index in [0.29, 0.717) is 11.1 Å². The van der Waals surface area contributed by atoms with E-state index in [2.05, 4.69) is 9.97 Å². The van der Waals surface area contributed by atoms with Crippen molar-refractivity contribution in [1.82, 2.24) is 19.1 Å². The molecule has 2 aromatic heterocycles. The molecule has 2 aliphatic heterocycles. The molecule has 6 unspecified atom stereocenters. The summed E-state index contributed by atoms with van der Waals surface area (Å²) in [5, 5.41) is 28.1. The van der Waals surface area contributed by atoms with E-state index in [1.807, 2.05) is 0 Å². The van der Waals surface area contributed by atoms with Gasteiger partial charge in [0, 0.05) is 42.9 Å². The molecule has 4 heterocycles. The van der Waals surface area contributed by atoms with Crippen LogP contribution in [0.1, 0.15) is 36.4 Å². The van der Waals surface area contributed by atoms with Crippen LogP contribution in [0.3, 0.4) is 0 Å². The highest BCUT2D eigenvalue weighted by molar-refractivity contribution is 5.03. The van der Waals surface area contributed by atoms with Crippen LogP contribution >= 0.6 is 0 Å². The number of rotatable bonds is 4. The van der Waals surface area contributed by atoms with Crippen molar-refractivity contribution in [1.29, 1.82) is 0 Å². The van der Waals surface area contributed by atoms with E-state index in [-0.39, 0.29) is 26.0 Å². The van der Waals surface area contributed by atoms with Gasteiger partial charge in [0.15, 0.2) is 0 Å². The van der Waals surface area contributed by atoms with Gasteiger partial charge in [-0.2, -0.15) is 0 Å². The summed E-state index contributed by atoms with van der Waals surface area (Å²) in [4.78, 5) is 49.9. The minimum absolute atomic E-state index is 0.189. The first-order valence-corrected chi connectivity index (χ1v) is 10.7. The SMILES string of the molecule is Cc1cn(C2CC(O)C(CN)O2)c(=O)[nH]c1=O.Cc1cn(C2CC(O)C(CO)O2)c(=O)[nH]c1=O. The topological polar surface area (TPSA) is 215 Å². The minimum atomic E-state index is -0.816. The normalized spacial score (nSPS) is 28.5. The molecule has 34 heavy (non-hydrogen) atoms. The molecule has 7 N–H and O–H groups in total. The Balaban J connectivity index is 0.000000191. The summed E-state index contributed by atoms with van der Waals surface area (Å²) in [6.07, 6.45) is -0.613. The first kappa shape index (κ1) is 25.7. The molecule has 4 rings (SSSR count). The van der Waals surface area contributed by atoms with Gasteiger partial charge < -0.3 is 30.5 Å². The summed E-state index contributed by atoms with van der Waals surface area (Å²) in [6, 6.07) is 0. The zero-order valence-corrected chi connectivity index (χ0v) is 18.7. The van der Waals surface area contributed by atoms with Crippen molar-refractivity contribution >= 4 is 0 Å². The molecule has 2 fully saturated rings. The Hall–Kier alpha value is -2.88. The lowest BCUT2D eigenvalue weighted by Crippen LogP contribution is -2.33. The Morgan fingerprint density at radius 3 is 1.65 bits per heavy atom. The molecule has 0 aromatic carbocycles. The second-order valence-corrected chi connectivity index (χ2v) is 8.24. The number of hydrogen-bond acceptors (Lipinski definition) is 10. The van der Waals surface area contributed by atoms with E-state index in [0.717, 1.165) is 0 Å². The molecule has 0 saturated carbocycles. The first-order valence-electron chi connectivity index (χ1n) is 10.7. The largest absolute Gasteiger partial charge is 0.394 e. The molecule has 14 heteroatoms. The first-order chi connectivity index (χ1) is 16.0. The third-order valence-electron chi connectivity index (χ3n) is 5.73. The number of hydrogen-bond donors (Lipinski definition) is 6. The lowest BCUT2D eigenvalue weighted by Gasteiger charge is -2.14. The van der Waals surface area contributed by atoms with Gasteiger partial charge in [-0.3, -0.25) is 28.7 Å². The van der Waals surface area contributed by atoms with Crippen molar-refractivity contribution in [3.8, 4) is 0 Å². The fraction of sp³-hybridized carbons (Fsp3) is 0.600. The third-order valence-corrected chi connectivity index (χ3v) is 5.73. The molecule has 6 atom stereocenters. The van der Waals surface area contributed by atoms with Gasteiger partial charge in [0.05, 0.1) is 24.9 Å². The Morgan fingerprint density at radius 2 is 1.29 bits per heavy atom. The number of nitrogens with zero attached hydrogens (tertiary/aromatic N) is 2. The van der Waals surface area contributed by atoms with E-state index in [1.165, 1.54) is 21.5 Å². The van der Waals surface area contributed by atoms with E-state index < -0.39 is 59.4 Å². The standard InChI is InChI=1S/C10H15N3O4.C10H14N2O5/c1-5-4-13(10(16)12-9(5)15)8-2-6(14)7(3-11)17-8;1-5-3-12(10(16)11-9(5)15)8-2-6(14)7(4-13)17-8/h4,6-8,14H,2-3,11H2,1H3,(H,12,15,16);3,6-8,13-14H,2,4H2,1H3,(H,11,15,16). The number of aryl methyl sites for hydroxylation is 2. The number of nitrogens with one attached hydrogen (secondary N) is 2. The van der Waals surface area contributed by atoms with Gasteiger partial charge in [-0.1, -0.05) is 0 Å². The van der Waals surface area contributed by atoms with E-state index in [4.69, 9.17) is 20.3 Å². The van der Waals surface area contributed by atoms with Crippen LogP contribution < -0.4 is 28.2 Å². The van der Waals surface area contributed by atoms with E-state index in [9.17, 15) is 29.4 Å². The van der Waals surface area contributed by atoms with Gasteiger partial charge in [0.2, 0.25) is 0 Å². The summed E-state index contributed by atoms with van der Waals surface area (Å²) in [6.45, 7) is 3.05. The van der Waals surface area contributed by atoms with Gasteiger partial charge in [-0.15, -0.1) is 0 Å². The average molecular weight is 483 g/mol. The summed E-state index contributed by atoms with van der Waals surface area (Å²) < 4.78 is 13.3. The Morgan fingerprint density at radius 1 is 0.882 bits per heavy atom. The molecule has 2 saturated heterocycles. The number of aliphatic hydroxyl groups excluding tert-OH is 3. The zero-order valence-electron chi connectivity index (χ0n) is 18.7. The fourth-order valence-electron chi connectivity index (χ4n) is 3.75. The number of H-pyrrole nitrogens is 2. The molecule has 14 nitrogen and oxygen atoms in total. The maximum atomic E-state index is 11.6. The summed E-state index contributed by atoms with van der Waals surface area (Å²) >= 11 is 0. The predicted molar refractivity (Wildman–Crippen MR) is 117 cm³/mol. The predicted octanol–water partition coefficient (Wildman–Crippen LogP) is -3.06. The van der Waals surface area contributed by atoms with E-state index in [1.54, 1.807) is 13.8 Å². The van der Waals surface area contributed by atoms with Crippen molar-refractivity contribution in [2.24, 2.45) is 5.73 Å². The van der Waals surface area contributed by atoms with Crippen LogP contribution in [-0.2, 0) is 9.47 Å². The highest BCUT2D eigenvalue weighted by Gasteiger charge is 2.35. The van der Waals surface area contributed by atoms with Crippen LogP contribution in [-0.4, -0.2) is 72.0 Å². The molecule has 0 aliphatic carbocycles. The molecular formula is C20H29N5O9. The molecule has 188 valence electrons. The number of aromatic amines is 2. The van der Waals surface area contributed by atoms with Crippen LogP contribution in [0.15, 0.2) is 31.6 Å². The van der Waals surface area contributed by atoms with Gasteiger partial charge in [-0.25, -0.2) is 9.59 Å². The van der Waals surface area contributed by atoms with E-state index >= 15 is 0 Å². The molecule has 0 radical (unpaired) electrons. The summed E-state index contributed by atoms with van der Waals surface area (Å²) in [5.41, 5.74) is 4.24. The van der Waals surface area contributed by atoms with Crippen LogP contribution in [0.2, 0.25) is 0 Å². The van der Waals surface area contributed by atoms with Crippen molar-refractivity contribution < 1.29 is 24.8 Å². The fourth-order valence-corrected chi connectivity index (χ4v) is 3.75. The van der Waals surface area contributed by atoms with Crippen LogP contribution in [0.5, 0.6) is 0 Å². The van der Waals surface area contributed by atoms with Gasteiger partial charge in [0.1, 0.15) is 18.6 Å². The maximum absolute atomic E-state index is 11.6. The highest BCUT2D eigenvalue weighted by atomic mass is 16.5. The van der Waals surface area contributed by atoms with Crippen LogP contribution in [0.4, 0.5) is 0 Å². The van der Waals surface area contributed by atoms with Crippen molar-refractivity contribution in [2.75, 3.05) is 13.2 Å². The number of aromatic nitrogens is 4. The van der Waals surface area contributed by atoms with Crippen molar-refractivity contribution in [3.63, 3.8) is 0 Å². The lowest BCUT2D eigenvalue weighted by atomic mass is 10.2. The smallest absolute Gasteiger partial charge is 0.330 e. The quantitative estimate of drug-likeness (QED) is 0.258. The Bertz CT molecular complexity index is 1140. The third kappa shape index (κ3) is 5.43. The number of ether oxygens (including phenoxy) is 2. The molecule has 2 aliphatic rings. The highest BCUT2D eigenvalue weighted by Crippen LogP contribution is 2.27. The Kier molecular flexibility index (Phi) is 8.01. The van der Waals surface area contributed by atoms with Crippen LogP contribution in [0, 0.1) is 13.8 Å². The minimum Gasteiger partial charge on any atom is -0.394 e. The molecule has 0 amide bonds. The molecular weight excluding hydrogens is 454 g/mol. The summed E-state index contributed by atoms with van der Waals surface area (Å²) in [7, 11) is 0. The summed E-state index contributed by atoms with van der Waals surface area (Å²) in [5.74, 6) is 0. The Labute approximate surface area is 192 Å². The second kappa shape index (κ2) is 10.6. The monoisotopic (exact) mass is 483 g/mol. The number of aliphatic hydroxyl groups is 3. The van der Waals surface area contributed by atoms with Gasteiger partial charge in [-0.05, 0) is 13.8 Å². The molecule has 0 bridgehead atoms. The number of nitrogens with two attached hydrogens (primary N) is 1. The molecule has 0 spiro atoms. The average Bonchev–Trinajstić information content (AvgIpc) is 3.35. The van der Waals surface area contributed by atoms with Crippen molar-refractivity contribution in [2.45, 2.75) is 63.6 Å². The lowest BCUT2D eigenvalue weighted by molar-refractivity contribution is -0.0459. The molecule has 2 aromatic rings.